The largest absolute Gasteiger partial charge is 0.353 e. The maximum Gasteiger partial charge on any atom is 0.223 e. The molecule has 1 amide bonds. The van der Waals surface area contributed by atoms with Gasteiger partial charge in [0.05, 0.1) is 0 Å². The number of hydrogen-bond acceptors (Lipinski definition) is 2. The first-order valence-corrected chi connectivity index (χ1v) is 8.71. The maximum absolute atomic E-state index is 12.4. The zero-order chi connectivity index (χ0) is 14.4. The van der Waals surface area contributed by atoms with Gasteiger partial charge in [0, 0.05) is 12.0 Å². The van der Waals surface area contributed by atoms with E-state index in [0.717, 1.165) is 38.3 Å². The second kappa shape index (κ2) is 9.68. The normalized spacial score (nSPS) is 33.0. The van der Waals surface area contributed by atoms with Gasteiger partial charge in [-0.05, 0) is 57.0 Å². The lowest BCUT2D eigenvalue weighted by molar-refractivity contribution is -0.127. The molecule has 0 aromatic rings. The molecule has 1 aliphatic heterocycles. The molecule has 1 saturated heterocycles. The summed E-state index contributed by atoms with van der Waals surface area (Å²) in [6.45, 7) is 6.58. The first-order chi connectivity index (χ1) is 9.70. The Morgan fingerprint density at radius 3 is 2.52 bits per heavy atom. The number of unbranched alkanes of at least 4 members (excludes halogenated alkanes) is 1. The fourth-order valence-corrected chi connectivity index (χ4v) is 3.74. The van der Waals surface area contributed by atoms with Gasteiger partial charge in [0.15, 0.2) is 0 Å². The van der Waals surface area contributed by atoms with Gasteiger partial charge in [-0.2, -0.15) is 0 Å². The second-order valence-electron chi connectivity index (χ2n) is 6.95. The highest BCUT2D eigenvalue weighted by Crippen LogP contribution is 2.32. The van der Waals surface area contributed by atoms with E-state index in [2.05, 4.69) is 24.5 Å². The molecule has 1 aliphatic carbocycles. The molecule has 0 aromatic heterocycles. The quantitative estimate of drug-likeness (QED) is 0.815. The molecule has 2 rings (SSSR count). The first kappa shape index (κ1) is 18.8. The van der Waals surface area contributed by atoms with Crippen molar-refractivity contribution in [2.24, 2.45) is 17.8 Å². The van der Waals surface area contributed by atoms with E-state index in [1.165, 1.54) is 32.1 Å². The number of nitrogens with one attached hydrogen (secondary N) is 2. The van der Waals surface area contributed by atoms with E-state index in [4.69, 9.17) is 0 Å². The van der Waals surface area contributed by atoms with Crippen LogP contribution in [0.2, 0.25) is 0 Å². The van der Waals surface area contributed by atoms with E-state index in [1.807, 2.05) is 0 Å². The van der Waals surface area contributed by atoms with Crippen molar-refractivity contribution in [3.63, 3.8) is 0 Å². The third-order valence-corrected chi connectivity index (χ3v) is 5.30. The highest BCUT2D eigenvalue weighted by molar-refractivity contribution is 5.85. The van der Waals surface area contributed by atoms with Crippen LogP contribution in [0, 0.1) is 17.8 Å². The molecular weight excluding hydrogens is 284 g/mol. The molecule has 2 fully saturated rings. The summed E-state index contributed by atoms with van der Waals surface area (Å²) in [4.78, 5) is 12.4. The van der Waals surface area contributed by atoms with Crippen LogP contribution in [0.25, 0.3) is 0 Å². The number of carbonyl (C=O) groups excluding carboxylic acids is 1. The lowest BCUT2D eigenvalue weighted by Crippen LogP contribution is -2.50. The summed E-state index contributed by atoms with van der Waals surface area (Å²) in [5.41, 5.74) is 0. The fraction of sp³-hybridized carbons (Fsp3) is 0.941. The van der Waals surface area contributed by atoms with Crippen molar-refractivity contribution in [1.29, 1.82) is 0 Å². The van der Waals surface area contributed by atoms with Crippen molar-refractivity contribution in [2.75, 3.05) is 13.1 Å². The lowest BCUT2D eigenvalue weighted by Gasteiger charge is -2.33. The summed E-state index contributed by atoms with van der Waals surface area (Å²) in [7, 11) is 0. The van der Waals surface area contributed by atoms with E-state index >= 15 is 0 Å². The topological polar surface area (TPSA) is 41.1 Å². The summed E-state index contributed by atoms with van der Waals surface area (Å²) in [6, 6.07) is 0.390. The minimum atomic E-state index is 0. The number of hydrogen-bond donors (Lipinski definition) is 2. The van der Waals surface area contributed by atoms with Gasteiger partial charge in [-0.1, -0.05) is 33.1 Å². The Balaban J connectivity index is 0.00000220. The van der Waals surface area contributed by atoms with Crippen LogP contribution in [0.3, 0.4) is 0 Å². The van der Waals surface area contributed by atoms with Crippen LogP contribution in [0.15, 0.2) is 0 Å². The number of rotatable bonds is 5. The van der Waals surface area contributed by atoms with Crippen LogP contribution in [0.1, 0.15) is 65.2 Å². The predicted octanol–water partition coefficient (Wildman–Crippen LogP) is 3.52. The Bertz CT molecular complexity index is 303. The molecule has 1 saturated carbocycles. The first-order valence-electron chi connectivity index (χ1n) is 8.71. The van der Waals surface area contributed by atoms with Crippen molar-refractivity contribution in [1.82, 2.24) is 10.6 Å². The molecule has 1 heterocycles. The smallest absolute Gasteiger partial charge is 0.223 e. The zero-order valence-corrected chi connectivity index (χ0v) is 14.5. The molecular formula is C17H33ClN2O. The van der Waals surface area contributed by atoms with Gasteiger partial charge < -0.3 is 10.6 Å². The highest BCUT2D eigenvalue weighted by atomic mass is 35.5. The summed E-state index contributed by atoms with van der Waals surface area (Å²) in [6.07, 6.45) is 9.86. The fourth-order valence-electron chi connectivity index (χ4n) is 3.74. The molecule has 3 nitrogen and oxygen atoms in total. The Kier molecular flexibility index (Phi) is 8.65. The molecule has 2 atom stereocenters. The lowest BCUT2D eigenvalue weighted by atomic mass is 9.79. The number of amides is 1. The van der Waals surface area contributed by atoms with Gasteiger partial charge in [-0.25, -0.2) is 0 Å². The van der Waals surface area contributed by atoms with Crippen molar-refractivity contribution < 1.29 is 4.79 Å². The molecule has 0 radical (unpaired) electrons. The predicted molar refractivity (Wildman–Crippen MR) is 90.8 cm³/mol. The Labute approximate surface area is 136 Å². The molecule has 2 N–H and O–H groups in total. The van der Waals surface area contributed by atoms with Gasteiger partial charge in [-0.15, -0.1) is 12.4 Å². The van der Waals surface area contributed by atoms with Gasteiger partial charge >= 0.3 is 0 Å². The average molecular weight is 317 g/mol. The highest BCUT2D eigenvalue weighted by Gasteiger charge is 2.29. The minimum absolute atomic E-state index is 0. The number of carbonyl (C=O) groups is 1. The van der Waals surface area contributed by atoms with E-state index < -0.39 is 0 Å². The maximum atomic E-state index is 12.4. The van der Waals surface area contributed by atoms with E-state index in [1.54, 1.807) is 0 Å². The van der Waals surface area contributed by atoms with Crippen LogP contribution in [-0.4, -0.2) is 25.0 Å². The molecule has 0 bridgehead atoms. The molecule has 0 spiro atoms. The van der Waals surface area contributed by atoms with Gasteiger partial charge in [-0.3, -0.25) is 4.79 Å². The Morgan fingerprint density at radius 1 is 1.19 bits per heavy atom. The molecule has 2 aliphatic rings. The Morgan fingerprint density at radius 2 is 1.90 bits per heavy atom. The third kappa shape index (κ3) is 5.78. The van der Waals surface area contributed by atoms with Crippen molar-refractivity contribution in [3.05, 3.63) is 0 Å². The standard InChI is InChI=1S/C17H32N2O.ClH/c1-3-4-5-14-6-8-15(9-7-14)17(20)19-16-10-11-18-12-13(16)2;/h13-16,18H,3-12H2,1-2H3,(H,19,20);1H. The van der Waals surface area contributed by atoms with Crippen molar-refractivity contribution in [3.8, 4) is 0 Å². The van der Waals surface area contributed by atoms with Crippen LogP contribution in [0.4, 0.5) is 0 Å². The van der Waals surface area contributed by atoms with Gasteiger partial charge in [0.25, 0.3) is 0 Å². The van der Waals surface area contributed by atoms with Crippen molar-refractivity contribution in [2.45, 2.75) is 71.3 Å². The summed E-state index contributed by atoms with van der Waals surface area (Å²) >= 11 is 0. The average Bonchev–Trinajstić information content (AvgIpc) is 2.48. The molecule has 0 aromatic carbocycles. The monoisotopic (exact) mass is 316 g/mol. The van der Waals surface area contributed by atoms with Gasteiger partial charge in [0.1, 0.15) is 0 Å². The molecule has 2 unspecified atom stereocenters. The number of piperidine rings is 1. The Hall–Kier alpha value is -0.280. The van der Waals surface area contributed by atoms with Crippen LogP contribution >= 0.6 is 12.4 Å². The molecule has 4 heteroatoms. The van der Waals surface area contributed by atoms with E-state index in [9.17, 15) is 4.79 Å². The van der Waals surface area contributed by atoms with Crippen molar-refractivity contribution >= 4 is 18.3 Å². The molecule has 21 heavy (non-hydrogen) atoms. The molecule has 124 valence electrons. The van der Waals surface area contributed by atoms with E-state index in [-0.39, 0.29) is 18.3 Å². The minimum Gasteiger partial charge on any atom is -0.353 e. The van der Waals surface area contributed by atoms with E-state index in [0.29, 0.717) is 17.9 Å². The zero-order valence-electron chi connectivity index (χ0n) is 13.7. The third-order valence-electron chi connectivity index (χ3n) is 5.30. The van der Waals surface area contributed by atoms with Crippen LogP contribution in [-0.2, 0) is 4.79 Å². The SMILES string of the molecule is CCCCC1CCC(C(=O)NC2CCNCC2C)CC1.Cl. The summed E-state index contributed by atoms with van der Waals surface area (Å²) in [5, 5.41) is 6.71. The van der Waals surface area contributed by atoms with Crippen LogP contribution in [0.5, 0.6) is 0 Å². The van der Waals surface area contributed by atoms with Crippen LogP contribution < -0.4 is 10.6 Å². The second-order valence-corrected chi connectivity index (χ2v) is 6.95. The summed E-state index contributed by atoms with van der Waals surface area (Å²) in [5.74, 6) is 2.07. The van der Waals surface area contributed by atoms with Gasteiger partial charge in [0.2, 0.25) is 5.91 Å². The summed E-state index contributed by atoms with van der Waals surface area (Å²) < 4.78 is 0. The number of halogens is 1.